The first-order chi connectivity index (χ1) is 7.83. The molecule has 1 aliphatic rings. The second-order valence-corrected chi connectivity index (χ2v) is 5.10. The minimum Gasteiger partial charge on any atom is -0.349 e. The van der Waals surface area contributed by atoms with E-state index in [4.69, 9.17) is 0 Å². The minimum atomic E-state index is 0.667. The van der Waals surface area contributed by atoms with Crippen molar-refractivity contribution < 1.29 is 0 Å². The van der Waals surface area contributed by atoms with Crippen LogP contribution in [0.4, 0.5) is 5.95 Å². The van der Waals surface area contributed by atoms with Gasteiger partial charge in [0.1, 0.15) is 5.01 Å². The van der Waals surface area contributed by atoms with Gasteiger partial charge in [-0.2, -0.15) is 0 Å². The smallest absolute Gasteiger partial charge is 0.203 e. The molecule has 16 heavy (non-hydrogen) atoms. The van der Waals surface area contributed by atoms with Crippen molar-refractivity contribution in [2.75, 3.05) is 5.32 Å². The Morgan fingerprint density at radius 1 is 1.56 bits per heavy atom. The van der Waals surface area contributed by atoms with Gasteiger partial charge in [-0.3, -0.25) is 0 Å². The van der Waals surface area contributed by atoms with E-state index >= 15 is 0 Å². The van der Waals surface area contributed by atoms with Gasteiger partial charge in [0.05, 0.1) is 12.2 Å². The Balaban J connectivity index is 1.73. The molecule has 0 unspecified atom stereocenters. The Bertz CT molecular complexity index is 470. The first-order valence-electron chi connectivity index (χ1n) is 5.50. The molecule has 1 fully saturated rings. The summed E-state index contributed by atoms with van der Waals surface area (Å²) in [5, 5.41) is 6.45. The zero-order valence-electron chi connectivity index (χ0n) is 9.18. The molecular weight excluding hydrogens is 220 g/mol. The molecule has 0 atom stereocenters. The first kappa shape index (κ1) is 9.84. The van der Waals surface area contributed by atoms with E-state index in [0.29, 0.717) is 6.04 Å². The van der Waals surface area contributed by atoms with Crippen LogP contribution in [0.1, 0.15) is 29.6 Å². The maximum absolute atomic E-state index is 4.50. The molecular formula is C11H14N4S. The predicted molar refractivity (Wildman–Crippen MR) is 64.7 cm³/mol. The van der Waals surface area contributed by atoms with Gasteiger partial charge < -0.3 is 9.88 Å². The molecule has 1 aliphatic carbocycles. The third kappa shape index (κ3) is 1.95. The average molecular weight is 234 g/mol. The van der Waals surface area contributed by atoms with Crippen LogP contribution in [0.5, 0.6) is 0 Å². The topological polar surface area (TPSA) is 42.7 Å². The van der Waals surface area contributed by atoms with Gasteiger partial charge in [0.2, 0.25) is 5.95 Å². The van der Waals surface area contributed by atoms with Crippen LogP contribution < -0.4 is 5.32 Å². The molecule has 0 bridgehead atoms. The van der Waals surface area contributed by atoms with Crippen molar-refractivity contribution in [2.24, 2.45) is 0 Å². The van der Waals surface area contributed by atoms with Crippen molar-refractivity contribution in [1.82, 2.24) is 14.5 Å². The molecule has 0 saturated heterocycles. The molecule has 0 aliphatic heterocycles. The number of nitrogens with one attached hydrogen (secondary N) is 1. The Kier molecular flexibility index (Phi) is 2.40. The van der Waals surface area contributed by atoms with Crippen LogP contribution in [0.2, 0.25) is 0 Å². The van der Waals surface area contributed by atoms with E-state index in [0.717, 1.165) is 23.2 Å². The summed E-state index contributed by atoms with van der Waals surface area (Å²) in [6, 6.07) is 0.667. The number of aromatic nitrogens is 3. The van der Waals surface area contributed by atoms with Gasteiger partial charge in [0.15, 0.2) is 0 Å². The Morgan fingerprint density at radius 3 is 3.12 bits per heavy atom. The lowest BCUT2D eigenvalue weighted by Crippen LogP contribution is -2.05. The normalized spacial score (nSPS) is 15.3. The molecule has 1 N–H and O–H groups in total. The summed E-state index contributed by atoms with van der Waals surface area (Å²) in [5.74, 6) is 0.982. The maximum atomic E-state index is 4.50. The van der Waals surface area contributed by atoms with E-state index in [2.05, 4.69) is 26.0 Å². The van der Waals surface area contributed by atoms with E-state index in [1.807, 2.05) is 18.5 Å². The molecule has 1 saturated carbocycles. The summed E-state index contributed by atoms with van der Waals surface area (Å²) < 4.78 is 2.25. The molecule has 2 aromatic heterocycles. The van der Waals surface area contributed by atoms with Crippen LogP contribution in [0.3, 0.4) is 0 Å². The average Bonchev–Trinajstić information content (AvgIpc) is 2.85. The fraction of sp³-hybridized carbons (Fsp3) is 0.455. The second-order valence-electron chi connectivity index (χ2n) is 4.12. The quantitative estimate of drug-likeness (QED) is 0.884. The molecule has 2 aromatic rings. The van der Waals surface area contributed by atoms with Gasteiger partial charge in [-0.25, -0.2) is 9.97 Å². The number of imidazole rings is 1. The first-order valence-corrected chi connectivity index (χ1v) is 6.38. The van der Waals surface area contributed by atoms with Crippen LogP contribution in [0, 0.1) is 6.92 Å². The van der Waals surface area contributed by atoms with Gasteiger partial charge >= 0.3 is 0 Å². The van der Waals surface area contributed by atoms with Crippen molar-refractivity contribution in [2.45, 2.75) is 32.4 Å². The van der Waals surface area contributed by atoms with E-state index < -0.39 is 0 Å². The summed E-state index contributed by atoms with van der Waals surface area (Å²) in [6.45, 7) is 2.80. The van der Waals surface area contributed by atoms with Crippen molar-refractivity contribution in [3.63, 3.8) is 0 Å². The van der Waals surface area contributed by atoms with Gasteiger partial charge in [0.25, 0.3) is 0 Å². The van der Waals surface area contributed by atoms with E-state index in [-0.39, 0.29) is 0 Å². The van der Waals surface area contributed by atoms with Crippen LogP contribution in [-0.4, -0.2) is 14.5 Å². The molecule has 84 valence electrons. The lowest BCUT2D eigenvalue weighted by atomic mass is 10.5. The zero-order chi connectivity index (χ0) is 11.0. The lowest BCUT2D eigenvalue weighted by molar-refractivity contribution is 0.742. The fourth-order valence-corrected chi connectivity index (χ4v) is 2.33. The lowest BCUT2D eigenvalue weighted by Gasteiger charge is -2.06. The molecule has 0 spiro atoms. The molecule has 5 heteroatoms. The standard InChI is InChI=1S/C11H14N4S/c1-8-7-15(9-2-3-9)11(14-8)13-6-10-12-4-5-16-10/h4-5,7,9H,2-3,6H2,1H3,(H,13,14). The number of thiazole rings is 1. The Hall–Kier alpha value is -1.36. The Morgan fingerprint density at radius 2 is 2.44 bits per heavy atom. The highest BCUT2D eigenvalue weighted by atomic mass is 32.1. The number of aryl methyl sites for hydroxylation is 1. The molecule has 2 heterocycles. The minimum absolute atomic E-state index is 0.667. The Labute approximate surface area is 98.4 Å². The van der Waals surface area contributed by atoms with Gasteiger partial charge in [-0.15, -0.1) is 11.3 Å². The SMILES string of the molecule is Cc1cn(C2CC2)c(NCc2nccs2)n1. The van der Waals surface area contributed by atoms with Crippen LogP contribution in [0.25, 0.3) is 0 Å². The highest BCUT2D eigenvalue weighted by Gasteiger charge is 2.26. The van der Waals surface area contributed by atoms with E-state index in [9.17, 15) is 0 Å². The van der Waals surface area contributed by atoms with Gasteiger partial charge in [-0.05, 0) is 19.8 Å². The van der Waals surface area contributed by atoms with Crippen LogP contribution in [-0.2, 0) is 6.54 Å². The third-order valence-electron chi connectivity index (χ3n) is 2.67. The van der Waals surface area contributed by atoms with Crippen molar-refractivity contribution in [3.8, 4) is 0 Å². The number of hydrogen-bond acceptors (Lipinski definition) is 4. The summed E-state index contributed by atoms with van der Waals surface area (Å²) >= 11 is 1.67. The van der Waals surface area contributed by atoms with Crippen LogP contribution >= 0.6 is 11.3 Å². The number of anilines is 1. The summed E-state index contributed by atoms with van der Waals surface area (Å²) in [4.78, 5) is 8.75. The number of nitrogens with zero attached hydrogens (tertiary/aromatic N) is 3. The number of rotatable bonds is 4. The second kappa shape index (κ2) is 3.90. The van der Waals surface area contributed by atoms with Crippen molar-refractivity contribution in [3.05, 3.63) is 28.5 Å². The van der Waals surface area contributed by atoms with Crippen molar-refractivity contribution in [1.29, 1.82) is 0 Å². The third-order valence-corrected chi connectivity index (χ3v) is 3.45. The molecule has 0 aromatic carbocycles. The van der Waals surface area contributed by atoms with E-state index in [1.54, 1.807) is 11.3 Å². The fourth-order valence-electron chi connectivity index (χ4n) is 1.77. The molecule has 0 amide bonds. The molecule has 4 nitrogen and oxygen atoms in total. The highest BCUT2D eigenvalue weighted by molar-refractivity contribution is 7.09. The number of hydrogen-bond donors (Lipinski definition) is 1. The van der Waals surface area contributed by atoms with E-state index in [1.165, 1.54) is 12.8 Å². The van der Waals surface area contributed by atoms with Gasteiger partial charge in [-0.1, -0.05) is 0 Å². The summed E-state index contributed by atoms with van der Waals surface area (Å²) in [6.07, 6.45) is 6.52. The zero-order valence-corrected chi connectivity index (χ0v) is 10.00. The van der Waals surface area contributed by atoms with Crippen LogP contribution in [0.15, 0.2) is 17.8 Å². The summed E-state index contributed by atoms with van der Waals surface area (Å²) in [7, 11) is 0. The monoisotopic (exact) mass is 234 g/mol. The maximum Gasteiger partial charge on any atom is 0.203 e. The highest BCUT2D eigenvalue weighted by Crippen LogP contribution is 2.37. The summed E-state index contributed by atoms with van der Waals surface area (Å²) in [5.41, 5.74) is 1.08. The largest absolute Gasteiger partial charge is 0.349 e. The molecule has 0 radical (unpaired) electrons. The van der Waals surface area contributed by atoms with Gasteiger partial charge in [0, 0.05) is 23.8 Å². The predicted octanol–water partition coefficient (Wildman–Crippen LogP) is 2.60. The molecule has 3 rings (SSSR count). The van der Waals surface area contributed by atoms with Crippen molar-refractivity contribution >= 4 is 17.3 Å².